The van der Waals surface area contributed by atoms with Crippen molar-refractivity contribution >= 4 is 55.9 Å². The van der Waals surface area contributed by atoms with Gasteiger partial charge in [0, 0.05) is 44.6 Å². The van der Waals surface area contributed by atoms with E-state index in [2.05, 4.69) is 299 Å². The number of anilines is 6. The van der Waals surface area contributed by atoms with Crippen LogP contribution in [0.25, 0.3) is 72.0 Å². The summed E-state index contributed by atoms with van der Waals surface area (Å²) < 4.78 is 2.46. The van der Waals surface area contributed by atoms with Crippen molar-refractivity contribution in [3.63, 3.8) is 0 Å². The molecule has 1 aliphatic heterocycles. The Morgan fingerprint density at radius 3 is 1.42 bits per heavy atom. The molecule has 3 nitrogen and oxygen atoms in total. The molecule has 81 heavy (non-hydrogen) atoms. The Morgan fingerprint density at radius 2 is 0.753 bits per heavy atom. The number of fused-ring (bicyclic) bond motifs is 17. The van der Waals surface area contributed by atoms with Gasteiger partial charge in [0.25, 0.3) is 0 Å². The third kappa shape index (κ3) is 6.64. The third-order valence-corrected chi connectivity index (χ3v) is 18.7. The number of hydrogen-bond donors (Lipinski definition) is 0. The van der Waals surface area contributed by atoms with Gasteiger partial charge in [0.15, 0.2) is 0 Å². The van der Waals surface area contributed by atoms with E-state index in [1.165, 1.54) is 130 Å². The second-order valence-electron chi connectivity index (χ2n) is 22.7. The first-order chi connectivity index (χ1) is 40.2. The Balaban J connectivity index is 0.874. The molecule has 0 amide bonds. The highest BCUT2D eigenvalue weighted by Gasteiger charge is 2.52. The van der Waals surface area contributed by atoms with E-state index in [9.17, 15) is 0 Å². The molecule has 1 aromatic heterocycles. The summed E-state index contributed by atoms with van der Waals surface area (Å²) >= 11 is 0. The van der Waals surface area contributed by atoms with E-state index in [1.807, 2.05) is 0 Å². The number of benzene rings is 12. The van der Waals surface area contributed by atoms with Gasteiger partial charge in [0.1, 0.15) is 0 Å². The van der Waals surface area contributed by atoms with E-state index in [-0.39, 0.29) is 5.41 Å². The SMILES string of the molecule is c1ccc(-c2ccc(N(c3ccc4c(c3)C3(c5ccccc5-c5ccccc53)c3ccccc3-4)c3ccc4c(c3)c3cc(-c5ccc6c(c5)C5(CCCC5)c5ccccc5N6c5ccccc5)ccc3n4-c3ccccc3)cc2)cc1. The summed E-state index contributed by atoms with van der Waals surface area (Å²) in [5.41, 5.74) is 28.4. The van der Waals surface area contributed by atoms with E-state index in [1.54, 1.807) is 0 Å². The van der Waals surface area contributed by atoms with Crippen LogP contribution in [0.2, 0.25) is 0 Å². The molecule has 0 atom stereocenters. The van der Waals surface area contributed by atoms with Gasteiger partial charge in [0.2, 0.25) is 0 Å². The Bertz CT molecular complexity index is 4580. The van der Waals surface area contributed by atoms with E-state index < -0.39 is 5.41 Å². The lowest BCUT2D eigenvalue weighted by Crippen LogP contribution is -2.33. The predicted molar refractivity (Wildman–Crippen MR) is 337 cm³/mol. The number of hydrogen-bond acceptors (Lipinski definition) is 2. The van der Waals surface area contributed by atoms with Gasteiger partial charge in [-0.25, -0.2) is 0 Å². The standard InChI is InChI=1S/C78H55N3/c1-4-20-52(21-5-1)53-34-38-58(39-35-53)79(60-40-42-64-63-28-12-15-31-69(63)78(71(64)51-60)67-29-13-10-26-61(67)62-27-11-14-30-68(62)78)59-41-45-74-66(50-59)65-48-54(36-43-73(65)80(74)56-22-6-2-7-23-56)55-37-44-76-72(49-55)77(46-18-19-47-77)70-32-16-17-33-75(70)81(76)57-24-8-3-9-25-57/h1-17,20-45,48-51H,18-19,46-47H2. The highest BCUT2D eigenvalue weighted by Crippen LogP contribution is 2.64. The zero-order valence-corrected chi connectivity index (χ0v) is 44.8. The van der Waals surface area contributed by atoms with E-state index in [0.717, 1.165) is 35.6 Å². The Kier molecular flexibility index (Phi) is 10.1. The minimum absolute atomic E-state index is 0.0389. The molecule has 382 valence electrons. The first-order valence-corrected chi connectivity index (χ1v) is 28.8. The first-order valence-electron chi connectivity index (χ1n) is 28.8. The molecule has 0 bridgehead atoms. The van der Waals surface area contributed by atoms with Crippen molar-refractivity contribution in [3.05, 3.63) is 318 Å². The van der Waals surface area contributed by atoms with Crippen molar-refractivity contribution in [2.24, 2.45) is 0 Å². The highest BCUT2D eigenvalue weighted by atomic mass is 15.2. The molecule has 1 saturated carbocycles. The molecule has 13 aromatic rings. The van der Waals surface area contributed by atoms with Gasteiger partial charge in [-0.15, -0.1) is 0 Å². The van der Waals surface area contributed by atoms with Crippen LogP contribution in [0.3, 0.4) is 0 Å². The maximum absolute atomic E-state index is 2.55. The van der Waals surface area contributed by atoms with Gasteiger partial charge >= 0.3 is 0 Å². The lowest BCUT2D eigenvalue weighted by Gasteiger charge is -2.44. The van der Waals surface area contributed by atoms with Crippen LogP contribution in [-0.4, -0.2) is 4.57 Å². The van der Waals surface area contributed by atoms with Gasteiger partial charge in [0.05, 0.1) is 27.8 Å². The van der Waals surface area contributed by atoms with Gasteiger partial charge < -0.3 is 14.4 Å². The lowest BCUT2D eigenvalue weighted by molar-refractivity contribution is 0.530. The Hall–Kier alpha value is -9.96. The maximum atomic E-state index is 2.55. The van der Waals surface area contributed by atoms with Crippen molar-refractivity contribution in [2.75, 3.05) is 9.80 Å². The summed E-state index contributed by atoms with van der Waals surface area (Å²) in [5.74, 6) is 0. The molecule has 12 aromatic carbocycles. The molecular formula is C78H55N3. The number of rotatable bonds is 7. The molecule has 0 N–H and O–H groups in total. The van der Waals surface area contributed by atoms with Gasteiger partial charge in [-0.3, -0.25) is 0 Å². The fraction of sp³-hybridized carbons (Fsp3) is 0.0769. The third-order valence-electron chi connectivity index (χ3n) is 18.7. The number of para-hydroxylation sites is 3. The molecule has 4 aliphatic rings. The summed E-state index contributed by atoms with van der Waals surface area (Å²) in [6.07, 6.45) is 4.76. The van der Waals surface area contributed by atoms with Crippen LogP contribution in [0.15, 0.2) is 285 Å². The van der Waals surface area contributed by atoms with Gasteiger partial charge in [-0.1, -0.05) is 201 Å². The Labute approximate surface area is 472 Å². The molecule has 0 unspecified atom stereocenters. The number of aromatic nitrogens is 1. The van der Waals surface area contributed by atoms with Crippen LogP contribution in [0.5, 0.6) is 0 Å². The van der Waals surface area contributed by atoms with Crippen LogP contribution in [-0.2, 0) is 10.8 Å². The van der Waals surface area contributed by atoms with Gasteiger partial charge in [-0.2, -0.15) is 0 Å². The van der Waals surface area contributed by atoms with Crippen LogP contribution in [0, 0.1) is 0 Å². The summed E-state index contributed by atoms with van der Waals surface area (Å²) in [5, 5.41) is 2.43. The minimum atomic E-state index is -0.473. The molecule has 17 rings (SSSR count). The molecule has 2 spiro atoms. The average Bonchev–Trinajstić information content (AvgIpc) is 3.95. The fourth-order valence-corrected chi connectivity index (χ4v) is 15.3. The van der Waals surface area contributed by atoms with Crippen molar-refractivity contribution in [3.8, 4) is 50.2 Å². The van der Waals surface area contributed by atoms with Crippen LogP contribution in [0.1, 0.15) is 59.1 Å². The molecule has 3 heteroatoms. The lowest BCUT2D eigenvalue weighted by atomic mass is 9.69. The molecular weight excluding hydrogens is 979 g/mol. The van der Waals surface area contributed by atoms with Crippen LogP contribution < -0.4 is 9.80 Å². The normalized spacial score (nSPS) is 14.6. The van der Waals surface area contributed by atoms with Crippen molar-refractivity contribution in [2.45, 2.75) is 36.5 Å². The molecule has 0 radical (unpaired) electrons. The van der Waals surface area contributed by atoms with Crippen LogP contribution in [0.4, 0.5) is 34.1 Å². The summed E-state index contributed by atoms with van der Waals surface area (Å²) in [7, 11) is 0. The van der Waals surface area contributed by atoms with Crippen LogP contribution >= 0.6 is 0 Å². The van der Waals surface area contributed by atoms with E-state index in [0.29, 0.717) is 0 Å². The summed E-state index contributed by atoms with van der Waals surface area (Å²) in [6, 6.07) is 107. The summed E-state index contributed by atoms with van der Waals surface area (Å²) in [6.45, 7) is 0. The second-order valence-corrected chi connectivity index (χ2v) is 22.7. The van der Waals surface area contributed by atoms with Crippen molar-refractivity contribution in [1.29, 1.82) is 0 Å². The van der Waals surface area contributed by atoms with E-state index >= 15 is 0 Å². The minimum Gasteiger partial charge on any atom is -0.310 e. The largest absolute Gasteiger partial charge is 0.310 e. The highest BCUT2D eigenvalue weighted by molar-refractivity contribution is 6.12. The van der Waals surface area contributed by atoms with Crippen molar-refractivity contribution in [1.82, 2.24) is 4.57 Å². The van der Waals surface area contributed by atoms with Gasteiger partial charge in [-0.05, 0) is 188 Å². The zero-order chi connectivity index (χ0) is 53.2. The topological polar surface area (TPSA) is 11.4 Å². The van der Waals surface area contributed by atoms with E-state index in [4.69, 9.17) is 0 Å². The number of nitrogens with zero attached hydrogens (tertiary/aromatic N) is 3. The fourth-order valence-electron chi connectivity index (χ4n) is 15.3. The monoisotopic (exact) mass is 1030 g/mol. The smallest absolute Gasteiger partial charge is 0.0726 e. The maximum Gasteiger partial charge on any atom is 0.0726 e. The molecule has 0 saturated heterocycles. The quantitative estimate of drug-likeness (QED) is 0.158. The van der Waals surface area contributed by atoms with Crippen molar-refractivity contribution < 1.29 is 0 Å². The first kappa shape index (κ1) is 46.0. The zero-order valence-electron chi connectivity index (χ0n) is 44.8. The summed E-state index contributed by atoms with van der Waals surface area (Å²) in [4.78, 5) is 5.00. The Morgan fingerprint density at radius 1 is 0.296 bits per heavy atom. The second kappa shape index (κ2) is 17.8. The molecule has 3 aliphatic carbocycles. The molecule has 2 heterocycles. The average molecular weight is 1030 g/mol. The molecule has 1 fully saturated rings. The predicted octanol–water partition coefficient (Wildman–Crippen LogP) is 20.6.